The number of carboxylic acid groups (broad SMARTS) is 1. The quantitative estimate of drug-likeness (QED) is 0.798. The number of carbonyl (C=O) groups is 1. The smallest absolute Gasteiger partial charge is 0.303 e. The van der Waals surface area contributed by atoms with Crippen molar-refractivity contribution < 1.29 is 9.90 Å². The number of nitrogens with zero attached hydrogens (tertiary/aromatic N) is 2. The van der Waals surface area contributed by atoms with Crippen molar-refractivity contribution in [2.75, 3.05) is 11.9 Å². The molecule has 0 bridgehead atoms. The van der Waals surface area contributed by atoms with Crippen molar-refractivity contribution in [2.45, 2.75) is 33.1 Å². The molecule has 0 unspecified atom stereocenters. The van der Waals surface area contributed by atoms with E-state index in [0.29, 0.717) is 17.4 Å². The molecule has 0 radical (unpaired) electrons. The Morgan fingerprint density at radius 1 is 1.39 bits per heavy atom. The number of halogens is 1. The van der Waals surface area contributed by atoms with Crippen molar-refractivity contribution in [1.82, 2.24) is 10.2 Å². The Labute approximate surface area is 112 Å². The Bertz CT molecular complexity index is 393. The lowest BCUT2D eigenvalue weighted by molar-refractivity contribution is -0.137. The van der Waals surface area contributed by atoms with Gasteiger partial charge >= 0.3 is 5.97 Å². The molecular weight excluding hydrogens is 254 g/mol. The van der Waals surface area contributed by atoms with Gasteiger partial charge in [-0.25, -0.2) is 0 Å². The van der Waals surface area contributed by atoms with Gasteiger partial charge in [-0.2, -0.15) is 0 Å². The number of carboxylic acids is 1. The average molecular weight is 272 g/mol. The van der Waals surface area contributed by atoms with Crippen molar-refractivity contribution in [3.05, 3.63) is 17.3 Å². The predicted molar refractivity (Wildman–Crippen MR) is 70.8 cm³/mol. The Balaban J connectivity index is 2.31. The summed E-state index contributed by atoms with van der Waals surface area (Å²) in [5.41, 5.74) is -0.00869. The average Bonchev–Trinajstić information content (AvgIpc) is 2.29. The fourth-order valence-corrected chi connectivity index (χ4v) is 1.61. The molecule has 0 aromatic carbocycles. The van der Waals surface area contributed by atoms with Gasteiger partial charge in [-0.15, -0.1) is 10.2 Å². The summed E-state index contributed by atoms with van der Waals surface area (Å²) in [6, 6.07) is 3.44. The molecule has 0 atom stereocenters. The van der Waals surface area contributed by atoms with E-state index in [2.05, 4.69) is 29.4 Å². The van der Waals surface area contributed by atoms with Crippen molar-refractivity contribution >= 4 is 23.4 Å². The van der Waals surface area contributed by atoms with E-state index in [1.54, 1.807) is 12.1 Å². The molecule has 100 valence electrons. The monoisotopic (exact) mass is 271 g/mol. The van der Waals surface area contributed by atoms with Crippen LogP contribution in [0.4, 0.5) is 5.82 Å². The van der Waals surface area contributed by atoms with Gasteiger partial charge in [0.05, 0.1) is 0 Å². The van der Waals surface area contributed by atoms with E-state index in [0.717, 1.165) is 13.0 Å². The van der Waals surface area contributed by atoms with Crippen molar-refractivity contribution in [3.63, 3.8) is 0 Å². The topological polar surface area (TPSA) is 75.1 Å². The highest BCUT2D eigenvalue weighted by atomic mass is 35.5. The molecule has 2 N–H and O–H groups in total. The van der Waals surface area contributed by atoms with Crippen LogP contribution in [0.3, 0.4) is 0 Å². The number of aromatic nitrogens is 2. The summed E-state index contributed by atoms with van der Waals surface area (Å²) >= 11 is 5.63. The van der Waals surface area contributed by atoms with E-state index in [1.165, 1.54) is 0 Å². The van der Waals surface area contributed by atoms with Crippen LogP contribution in [0.2, 0.25) is 5.15 Å². The first kappa shape index (κ1) is 14.7. The Kier molecular flexibility index (Phi) is 5.34. The third-order valence-corrected chi connectivity index (χ3v) is 2.96. The van der Waals surface area contributed by atoms with E-state index in [-0.39, 0.29) is 11.8 Å². The second-order valence-electron chi connectivity index (χ2n) is 4.98. The molecular formula is C12H18ClN3O2. The van der Waals surface area contributed by atoms with Crippen molar-refractivity contribution in [1.29, 1.82) is 0 Å². The second kappa shape index (κ2) is 6.54. The molecule has 6 heteroatoms. The maximum absolute atomic E-state index is 10.5. The van der Waals surface area contributed by atoms with Crippen LogP contribution in [0, 0.1) is 5.41 Å². The van der Waals surface area contributed by atoms with Gasteiger partial charge in [-0.3, -0.25) is 4.79 Å². The van der Waals surface area contributed by atoms with E-state index < -0.39 is 5.97 Å². The maximum atomic E-state index is 10.5. The van der Waals surface area contributed by atoms with Crippen LogP contribution >= 0.6 is 11.6 Å². The summed E-state index contributed by atoms with van der Waals surface area (Å²) < 4.78 is 0. The lowest BCUT2D eigenvalue weighted by Gasteiger charge is -2.23. The molecule has 1 aromatic heterocycles. The van der Waals surface area contributed by atoms with Crippen LogP contribution in [0.1, 0.15) is 33.1 Å². The van der Waals surface area contributed by atoms with Gasteiger partial charge in [0.1, 0.15) is 5.82 Å². The fourth-order valence-electron chi connectivity index (χ4n) is 1.51. The molecule has 0 aliphatic carbocycles. The fraction of sp³-hybridized carbons (Fsp3) is 0.583. The highest BCUT2D eigenvalue weighted by molar-refractivity contribution is 6.29. The Hall–Kier alpha value is -1.36. The van der Waals surface area contributed by atoms with Crippen LogP contribution in [-0.2, 0) is 4.79 Å². The van der Waals surface area contributed by atoms with Gasteiger partial charge in [0, 0.05) is 13.0 Å². The summed E-state index contributed by atoms with van der Waals surface area (Å²) in [5.74, 6) is -0.0759. The second-order valence-corrected chi connectivity index (χ2v) is 5.36. The summed E-state index contributed by atoms with van der Waals surface area (Å²) in [5, 5.41) is 19.8. The highest BCUT2D eigenvalue weighted by Gasteiger charge is 2.18. The summed E-state index contributed by atoms with van der Waals surface area (Å²) in [7, 11) is 0. The van der Waals surface area contributed by atoms with Crippen LogP contribution in [0.15, 0.2) is 12.1 Å². The molecule has 0 aliphatic heterocycles. The third-order valence-electron chi connectivity index (χ3n) is 2.76. The summed E-state index contributed by atoms with van der Waals surface area (Å²) in [4.78, 5) is 10.5. The molecule has 0 saturated carbocycles. The predicted octanol–water partition coefficient (Wildman–Crippen LogP) is 2.82. The number of nitrogens with one attached hydrogen (secondary N) is 1. The molecule has 0 saturated heterocycles. The number of anilines is 1. The molecule has 0 aliphatic rings. The number of aliphatic carboxylic acids is 1. The summed E-state index contributed by atoms with van der Waals surface area (Å²) in [6.45, 7) is 4.85. The SMILES string of the molecule is CC(C)(CCNc1ccc(Cl)nn1)CCC(=O)O. The molecule has 0 amide bonds. The lowest BCUT2D eigenvalue weighted by atomic mass is 9.84. The van der Waals surface area contributed by atoms with Gasteiger partial charge < -0.3 is 10.4 Å². The highest BCUT2D eigenvalue weighted by Crippen LogP contribution is 2.26. The number of hydrogen-bond donors (Lipinski definition) is 2. The number of hydrogen-bond acceptors (Lipinski definition) is 4. The normalized spacial score (nSPS) is 11.3. The zero-order valence-electron chi connectivity index (χ0n) is 10.6. The van der Waals surface area contributed by atoms with Gasteiger partial charge in [-0.05, 0) is 30.4 Å². The van der Waals surface area contributed by atoms with Gasteiger partial charge in [0.2, 0.25) is 0 Å². The van der Waals surface area contributed by atoms with Crippen LogP contribution < -0.4 is 5.32 Å². The number of rotatable bonds is 7. The van der Waals surface area contributed by atoms with Gasteiger partial charge in [0.15, 0.2) is 5.15 Å². The van der Waals surface area contributed by atoms with E-state index in [1.807, 2.05) is 0 Å². The standard InChI is InChI=1S/C12H18ClN3O2/c1-12(2,6-5-11(17)18)7-8-14-10-4-3-9(13)15-16-10/h3-4H,5-8H2,1-2H3,(H,14,16)(H,17,18). The minimum absolute atomic E-state index is 0.00869. The van der Waals surface area contributed by atoms with E-state index in [4.69, 9.17) is 16.7 Å². The van der Waals surface area contributed by atoms with Gasteiger partial charge in [0.25, 0.3) is 0 Å². The molecule has 1 heterocycles. The van der Waals surface area contributed by atoms with E-state index >= 15 is 0 Å². The van der Waals surface area contributed by atoms with Crippen LogP contribution in [0.5, 0.6) is 0 Å². The van der Waals surface area contributed by atoms with E-state index in [9.17, 15) is 4.79 Å². The first-order valence-corrected chi connectivity index (χ1v) is 6.22. The Morgan fingerprint density at radius 2 is 2.11 bits per heavy atom. The minimum Gasteiger partial charge on any atom is -0.481 e. The molecule has 0 fully saturated rings. The first-order chi connectivity index (χ1) is 8.39. The summed E-state index contributed by atoms with van der Waals surface area (Å²) in [6.07, 6.45) is 1.73. The lowest BCUT2D eigenvalue weighted by Crippen LogP contribution is -2.18. The molecule has 5 nitrogen and oxygen atoms in total. The zero-order valence-corrected chi connectivity index (χ0v) is 11.4. The molecule has 18 heavy (non-hydrogen) atoms. The third kappa shape index (κ3) is 5.82. The zero-order chi connectivity index (χ0) is 13.6. The maximum Gasteiger partial charge on any atom is 0.303 e. The minimum atomic E-state index is -0.750. The van der Waals surface area contributed by atoms with Crippen LogP contribution in [-0.4, -0.2) is 27.8 Å². The van der Waals surface area contributed by atoms with Gasteiger partial charge in [-0.1, -0.05) is 25.4 Å². The Morgan fingerprint density at radius 3 is 2.67 bits per heavy atom. The molecule has 1 aromatic rings. The van der Waals surface area contributed by atoms with Crippen LogP contribution in [0.25, 0.3) is 0 Å². The molecule has 1 rings (SSSR count). The largest absolute Gasteiger partial charge is 0.481 e. The van der Waals surface area contributed by atoms with Crippen molar-refractivity contribution in [2.24, 2.45) is 5.41 Å². The first-order valence-electron chi connectivity index (χ1n) is 5.84. The molecule has 0 spiro atoms. The van der Waals surface area contributed by atoms with Crippen molar-refractivity contribution in [3.8, 4) is 0 Å².